The van der Waals surface area contributed by atoms with E-state index in [1.807, 2.05) is 65.0 Å². The fourth-order valence-electron chi connectivity index (χ4n) is 3.14. The van der Waals surface area contributed by atoms with E-state index in [0.29, 0.717) is 18.8 Å². The van der Waals surface area contributed by atoms with Gasteiger partial charge in [-0.05, 0) is 69.4 Å². The molecule has 0 aromatic heterocycles. The van der Waals surface area contributed by atoms with Gasteiger partial charge in [0.15, 0.2) is 6.10 Å². The lowest BCUT2D eigenvalue weighted by molar-refractivity contribution is -0.151. The number of esters is 1. The van der Waals surface area contributed by atoms with Crippen molar-refractivity contribution in [3.8, 4) is 5.75 Å². The van der Waals surface area contributed by atoms with Gasteiger partial charge >= 0.3 is 13.1 Å². The zero-order valence-corrected chi connectivity index (χ0v) is 17.6. The molecule has 1 atom stereocenters. The predicted molar refractivity (Wildman–Crippen MR) is 111 cm³/mol. The third-order valence-electron chi connectivity index (χ3n) is 5.56. The molecule has 2 aromatic rings. The van der Waals surface area contributed by atoms with Crippen molar-refractivity contribution in [2.24, 2.45) is 0 Å². The van der Waals surface area contributed by atoms with Crippen molar-refractivity contribution < 1.29 is 23.6 Å². The quantitative estimate of drug-likeness (QED) is 0.559. The van der Waals surface area contributed by atoms with Gasteiger partial charge in [0.2, 0.25) is 0 Å². The Balaban J connectivity index is 1.80. The third-order valence-corrected chi connectivity index (χ3v) is 5.56. The van der Waals surface area contributed by atoms with Gasteiger partial charge in [-0.1, -0.05) is 31.2 Å². The van der Waals surface area contributed by atoms with Gasteiger partial charge in [0.1, 0.15) is 5.75 Å². The maximum absolute atomic E-state index is 12.0. The molecule has 1 saturated heterocycles. The second-order valence-corrected chi connectivity index (χ2v) is 8.12. The van der Waals surface area contributed by atoms with Gasteiger partial charge in [0, 0.05) is 0 Å². The average Bonchev–Trinajstić information content (AvgIpc) is 2.86. The summed E-state index contributed by atoms with van der Waals surface area (Å²) in [6.45, 7) is 12.2. The highest BCUT2D eigenvalue weighted by atomic mass is 16.7. The van der Waals surface area contributed by atoms with Crippen LogP contribution in [-0.4, -0.2) is 37.0 Å². The number of ether oxygens (including phenoxy) is 2. The molecule has 2 aromatic carbocycles. The van der Waals surface area contributed by atoms with Gasteiger partial charge in [0.05, 0.1) is 17.8 Å². The van der Waals surface area contributed by atoms with Crippen LogP contribution in [0.4, 0.5) is 0 Å². The third kappa shape index (κ3) is 4.03. The smallest absolute Gasteiger partial charge is 0.479 e. The Morgan fingerprint density at radius 2 is 1.61 bits per heavy atom. The molecule has 1 aliphatic heterocycles. The van der Waals surface area contributed by atoms with E-state index in [1.165, 1.54) is 0 Å². The highest BCUT2D eigenvalue weighted by Crippen LogP contribution is 2.36. The molecule has 1 fully saturated rings. The lowest BCUT2D eigenvalue weighted by Crippen LogP contribution is -2.41. The largest absolute Gasteiger partial charge is 0.494 e. The van der Waals surface area contributed by atoms with E-state index in [2.05, 4.69) is 6.07 Å². The van der Waals surface area contributed by atoms with Gasteiger partial charge < -0.3 is 18.8 Å². The van der Waals surface area contributed by atoms with Crippen molar-refractivity contribution in [1.29, 1.82) is 0 Å². The summed E-state index contributed by atoms with van der Waals surface area (Å²) in [6, 6.07) is 11.9. The Morgan fingerprint density at radius 3 is 2.21 bits per heavy atom. The van der Waals surface area contributed by atoms with Crippen LogP contribution >= 0.6 is 0 Å². The Morgan fingerprint density at radius 1 is 1.00 bits per heavy atom. The van der Waals surface area contributed by atoms with E-state index in [4.69, 9.17) is 18.8 Å². The average molecular weight is 384 g/mol. The fraction of sp³-hybridized carbons (Fsp3) is 0.500. The van der Waals surface area contributed by atoms with Crippen LogP contribution < -0.4 is 10.2 Å². The van der Waals surface area contributed by atoms with E-state index >= 15 is 0 Å². The molecule has 150 valence electrons. The Bertz CT molecular complexity index is 845. The van der Waals surface area contributed by atoms with E-state index < -0.39 is 13.2 Å². The summed E-state index contributed by atoms with van der Waals surface area (Å²) in [4.78, 5) is 12.0. The van der Waals surface area contributed by atoms with E-state index in [9.17, 15) is 4.79 Å². The van der Waals surface area contributed by atoms with Crippen molar-refractivity contribution in [3.05, 3.63) is 36.4 Å². The molecule has 0 aliphatic carbocycles. The van der Waals surface area contributed by atoms with E-state index in [-0.39, 0.29) is 17.2 Å². The van der Waals surface area contributed by atoms with Gasteiger partial charge in [0.25, 0.3) is 0 Å². The molecule has 6 heteroatoms. The van der Waals surface area contributed by atoms with Crippen molar-refractivity contribution in [1.82, 2.24) is 0 Å². The van der Waals surface area contributed by atoms with Crippen molar-refractivity contribution in [2.75, 3.05) is 6.61 Å². The number of carbonyl (C=O) groups is 1. The summed E-state index contributed by atoms with van der Waals surface area (Å²) in [5.74, 6) is 0.317. The number of hydrogen-bond donors (Lipinski definition) is 0. The summed E-state index contributed by atoms with van der Waals surface area (Å²) in [5.41, 5.74) is 0.247. The van der Waals surface area contributed by atoms with E-state index in [1.54, 1.807) is 6.92 Å². The molecular weight excluding hydrogens is 355 g/mol. The van der Waals surface area contributed by atoms with Crippen LogP contribution in [0.25, 0.3) is 10.8 Å². The summed E-state index contributed by atoms with van der Waals surface area (Å²) in [7, 11) is -0.390. The summed E-state index contributed by atoms with van der Waals surface area (Å²) >= 11 is 0. The minimum absolute atomic E-state index is 0.332. The first-order valence-corrected chi connectivity index (χ1v) is 9.89. The molecular formula is C22H29BO5. The van der Waals surface area contributed by atoms with Crippen LogP contribution in [0.3, 0.4) is 0 Å². The number of benzene rings is 2. The minimum atomic E-state index is -0.596. The van der Waals surface area contributed by atoms with Crippen LogP contribution in [0.2, 0.25) is 0 Å². The second kappa shape index (κ2) is 7.76. The lowest BCUT2D eigenvalue weighted by Gasteiger charge is -2.32. The van der Waals surface area contributed by atoms with Crippen LogP contribution in [0.1, 0.15) is 48.0 Å². The SMILES string of the molecule is CCOC(=O)C(CC)Oc1ccc2cc(B3OC(C)(C)C(C)(C)O3)ccc2c1. The van der Waals surface area contributed by atoms with Gasteiger partial charge in [-0.15, -0.1) is 0 Å². The summed E-state index contributed by atoms with van der Waals surface area (Å²) in [6.07, 6.45) is -0.0426. The van der Waals surface area contributed by atoms with Gasteiger partial charge in [-0.25, -0.2) is 4.79 Å². The van der Waals surface area contributed by atoms with Crippen LogP contribution in [-0.2, 0) is 18.8 Å². The molecule has 0 amide bonds. The van der Waals surface area contributed by atoms with E-state index in [0.717, 1.165) is 16.2 Å². The second-order valence-electron chi connectivity index (χ2n) is 8.12. The van der Waals surface area contributed by atoms with Gasteiger partial charge in [-0.3, -0.25) is 0 Å². The Kier molecular flexibility index (Phi) is 5.73. The first-order chi connectivity index (χ1) is 13.2. The lowest BCUT2D eigenvalue weighted by atomic mass is 9.78. The fourth-order valence-corrected chi connectivity index (χ4v) is 3.14. The summed E-state index contributed by atoms with van der Waals surface area (Å²) < 4.78 is 23.2. The Hall–Kier alpha value is -2.05. The molecule has 1 unspecified atom stereocenters. The zero-order chi connectivity index (χ0) is 20.5. The minimum Gasteiger partial charge on any atom is -0.479 e. The Labute approximate surface area is 167 Å². The molecule has 1 aliphatic rings. The van der Waals surface area contributed by atoms with Crippen molar-refractivity contribution >= 4 is 29.3 Å². The van der Waals surface area contributed by atoms with Crippen LogP contribution in [0, 0.1) is 0 Å². The maximum Gasteiger partial charge on any atom is 0.494 e. The molecule has 5 nitrogen and oxygen atoms in total. The number of carbonyl (C=O) groups excluding carboxylic acids is 1. The first kappa shape index (κ1) is 20.7. The number of rotatable bonds is 6. The van der Waals surface area contributed by atoms with Crippen LogP contribution in [0.5, 0.6) is 5.75 Å². The molecule has 3 rings (SSSR count). The van der Waals surface area contributed by atoms with Gasteiger partial charge in [-0.2, -0.15) is 0 Å². The topological polar surface area (TPSA) is 54.0 Å². The van der Waals surface area contributed by atoms with Crippen LogP contribution in [0.15, 0.2) is 36.4 Å². The zero-order valence-electron chi connectivity index (χ0n) is 17.6. The molecule has 0 bridgehead atoms. The number of hydrogen-bond acceptors (Lipinski definition) is 5. The predicted octanol–water partition coefficient (Wildman–Crippen LogP) is 3.86. The molecule has 0 radical (unpaired) electrons. The molecule has 0 N–H and O–H groups in total. The first-order valence-electron chi connectivity index (χ1n) is 9.89. The standard InChI is InChI=1S/C22H29BO5/c1-7-19(20(24)25-8-2)26-18-12-10-15-13-17(11-9-16(15)14-18)23-27-21(3,4)22(5,6)28-23/h9-14,19H,7-8H2,1-6H3. The van der Waals surface area contributed by atoms with Crippen molar-refractivity contribution in [3.63, 3.8) is 0 Å². The normalized spacial score (nSPS) is 18.9. The molecule has 28 heavy (non-hydrogen) atoms. The number of fused-ring (bicyclic) bond motifs is 1. The monoisotopic (exact) mass is 384 g/mol. The molecule has 0 saturated carbocycles. The molecule has 0 spiro atoms. The summed E-state index contributed by atoms with van der Waals surface area (Å²) in [5, 5.41) is 2.08. The van der Waals surface area contributed by atoms with Crippen molar-refractivity contribution in [2.45, 2.75) is 65.3 Å². The molecule has 1 heterocycles. The highest BCUT2D eigenvalue weighted by molar-refractivity contribution is 6.62. The maximum atomic E-state index is 12.0. The highest BCUT2D eigenvalue weighted by Gasteiger charge is 2.51.